The third kappa shape index (κ3) is 6.45. The van der Waals surface area contributed by atoms with Crippen molar-refractivity contribution in [2.45, 2.75) is 31.6 Å². The maximum atomic E-state index is 13.2. The van der Waals surface area contributed by atoms with Crippen LogP contribution in [-0.4, -0.2) is 55.8 Å². The van der Waals surface area contributed by atoms with E-state index in [1.807, 2.05) is 29.2 Å². The molecule has 1 amide bonds. The highest BCUT2D eigenvalue weighted by Gasteiger charge is 2.20. The number of hydrogen-bond acceptors (Lipinski definition) is 6. The van der Waals surface area contributed by atoms with E-state index >= 15 is 0 Å². The number of thioether (sulfide) groups is 1. The Morgan fingerprint density at radius 2 is 1.87 bits per heavy atom. The minimum atomic E-state index is 0.133. The molecule has 1 aromatic heterocycles. The summed E-state index contributed by atoms with van der Waals surface area (Å²) in [7, 11) is 5.78. The second kappa shape index (κ2) is 11.0. The number of amides is 1. The van der Waals surface area contributed by atoms with Crippen molar-refractivity contribution in [3.63, 3.8) is 0 Å². The zero-order valence-corrected chi connectivity index (χ0v) is 20.6. The minimum Gasteiger partial charge on any atom is -0.497 e. The summed E-state index contributed by atoms with van der Waals surface area (Å²) in [6.45, 7) is 5.81. The zero-order valence-electron chi connectivity index (χ0n) is 19.0. The summed E-state index contributed by atoms with van der Waals surface area (Å²) in [6.07, 6.45) is 1.39. The number of aromatic nitrogens is 1. The van der Waals surface area contributed by atoms with Gasteiger partial charge >= 0.3 is 0 Å². The molecule has 0 aliphatic carbocycles. The number of aryl methyl sites for hydroxylation is 2. The van der Waals surface area contributed by atoms with Crippen LogP contribution in [0.2, 0.25) is 0 Å². The summed E-state index contributed by atoms with van der Waals surface area (Å²) < 4.78 is 6.35. The number of hydrogen-bond donors (Lipinski definition) is 0. The standard InChI is InChI=1S/C24H31N3O2S2/c1-17-15-18(2)23-21(16-17)31-24(25-23)27(13-6-12-26(3)4)22(28)11-14-30-20-9-7-19(29-5)8-10-20/h7-10,15-16H,6,11-14H2,1-5H3. The third-order valence-electron chi connectivity index (χ3n) is 4.98. The lowest BCUT2D eigenvalue weighted by atomic mass is 10.1. The van der Waals surface area contributed by atoms with Gasteiger partial charge in [-0.05, 0) is 82.4 Å². The number of fused-ring (bicyclic) bond motifs is 1. The van der Waals surface area contributed by atoms with Crippen LogP contribution in [0.25, 0.3) is 10.2 Å². The average molecular weight is 458 g/mol. The van der Waals surface area contributed by atoms with E-state index in [1.165, 1.54) is 5.56 Å². The number of ether oxygens (including phenoxy) is 1. The molecule has 0 radical (unpaired) electrons. The molecule has 0 saturated heterocycles. The Bertz CT molecular complexity index is 1020. The first-order chi connectivity index (χ1) is 14.9. The Labute approximate surface area is 193 Å². The fourth-order valence-electron chi connectivity index (χ4n) is 3.41. The van der Waals surface area contributed by atoms with E-state index in [4.69, 9.17) is 9.72 Å². The van der Waals surface area contributed by atoms with Crippen molar-refractivity contribution in [2.75, 3.05) is 44.9 Å². The molecule has 7 heteroatoms. The van der Waals surface area contributed by atoms with Gasteiger partial charge in [0.05, 0.1) is 17.3 Å². The van der Waals surface area contributed by atoms with Crippen molar-refractivity contribution in [1.82, 2.24) is 9.88 Å². The van der Waals surface area contributed by atoms with Crippen LogP contribution in [0.15, 0.2) is 41.3 Å². The second-order valence-electron chi connectivity index (χ2n) is 7.90. The van der Waals surface area contributed by atoms with Gasteiger partial charge in [-0.2, -0.15) is 0 Å². The predicted molar refractivity (Wildman–Crippen MR) is 133 cm³/mol. The summed E-state index contributed by atoms with van der Waals surface area (Å²) in [5.41, 5.74) is 3.39. The van der Waals surface area contributed by atoms with Gasteiger partial charge in [-0.15, -0.1) is 11.8 Å². The number of carbonyl (C=O) groups excluding carboxylic acids is 1. The number of thiazole rings is 1. The molecule has 0 aliphatic heterocycles. The number of carbonyl (C=O) groups is 1. The molecule has 31 heavy (non-hydrogen) atoms. The Balaban J connectivity index is 1.71. The highest BCUT2D eigenvalue weighted by atomic mass is 32.2. The maximum Gasteiger partial charge on any atom is 0.229 e. The van der Waals surface area contributed by atoms with Crippen molar-refractivity contribution < 1.29 is 9.53 Å². The van der Waals surface area contributed by atoms with Gasteiger partial charge < -0.3 is 9.64 Å². The molecule has 0 spiro atoms. The van der Waals surface area contributed by atoms with Gasteiger partial charge in [0.25, 0.3) is 0 Å². The first-order valence-electron chi connectivity index (χ1n) is 10.5. The Morgan fingerprint density at radius 3 is 2.55 bits per heavy atom. The Hall–Kier alpha value is -2.09. The van der Waals surface area contributed by atoms with Gasteiger partial charge in [0.2, 0.25) is 5.91 Å². The molecule has 0 aliphatic rings. The molecule has 0 bridgehead atoms. The lowest BCUT2D eigenvalue weighted by Crippen LogP contribution is -2.33. The van der Waals surface area contributed by atoms with E-state index < -0.39 is 0 Å². The Morgan fingerprint density at radius 1 is 1.13 bits per heavy atom. The van der Waals surface area contributed by atoms with E-state index in [2.05, 4.69) is 45.0 Å². The van der Waals surface area contributed by atoms with E-state index in [-0.39, 0.29) is 5.91 Å². The highest BCUT2D eigenvalue weighted by molar-refractivity contribution is 7.99. The molecule has 1 heterocycles. The van der Waals surface area contributed by atoms with Crippen LogP contribution in [0.5, 0.6) is 5.75 Å². The molecule has 0 fully saturated rings. The lowest BCUT2D eigenvalue weighted by Gasteiger charge is -2.21. The lowest BCUT2D eigenvalue weighted by molar-refractivity contribution is -0.118. The smallest absolute Gasteiger partial charge is 0.229 e. The van der Waals surface area contributed by atoms with Gasteiger partial charge in [-0.1, -0.05) is 17.4 Å². The molecule has 2 aromatic carbocycles. The molecule has 5 nitrogen and oxygen atoms in total. The van der Waals surface area contributed by atoms with Gasteiger partial charge in [-0.3, -0.25) is 9.69 Å². The Kier molecular flexibility index (Phi) is 8.35. The summed E-state index contributed by atoms with van der Waals surface area (Å²) in [6, 6.07) is 12.3. The summed E-state index contributed by atoms with van der Waals surface area (Å²) >= 11 is 3.30. The number of nitrogens with zero attached hydrogens (tertiary/aromatic N) is 3. The molecule has 0 unspecified atom stereocenters. The minimum absolute atomic E-state index is 0.133. The predicted octanol–water partition coefficient (Wildman–Crippen LogP) is 5.39. The van der Waals surface area contributed by atoms with E-state index in [0.29, 0.717) is 13.0 Å². The van der Waals surface area contributed by atoms with Crippen LogP contribution < -0.4 is 9.64 Å². The first-order valence-corrected chi connectivity index (χ1v) is 12.3. The number of methoxy groups -OCH3 is 1. The molecule has 0 atom stereocenters. The topological polar surface area (TPSA) is 45.7 Å². The highest BCUT2D eigenvalue weighted by Crippen LogP contribution is 2.32. The van der Waals surface area contributed by atoms with E-state index in [0.717, 1.165) is 50.3 Å². The largest absolute Gasteiger partial charge is 0.497 e. The van der Waals surface area contributed by atoms with E-state index in [1.54, 1.807) is 30.2 Å². The van der Waals surface area contributed by atoms with Crippen LogP contribution in [0, 0.1) is 13.8 Å². The fourth-order valence-corrected chi connectivity index (χ4v) is 5.44. The van der Waals surface area contributed by atoms with Crippen LogP contribution in [-0.2, 0) is 4.79 Å². The van der Waals surface area contributed by atoms with Gasteiger partial charge in [0, 0.05) is 23.6 Å². The fraction of sp³-hybridized carbons (Fsp3) is 0.417. The number of rotatable bonds is 10. The quantitative estimate of drug-likeness (QED) is 0.382. The molecule has 0 saturated carbocycles. The maximum absolute atomic E-state index is 13.2. The summed E-state index contributed by atoms with van der Waals surface area (Å²) in [4.78, 5) is 23.2. The van der Waals surface area contributed by atoms with Crippen LogP contribution in [0.1, 0.15) is 24.0 Å². The molecule has 0 N–H and O–H groups in total. The van der Waals surface area contributed by atoms with Crippen LogP contribution in [0.4, 0.5) is 5.13 Å². The normalized spacial score (nSPS) is 11.3. The van der Waals surface area contributed by atoms with Crippen molar-refractivity contribution in [3.05, 3.63) is 47.5 Å². The van der Waals surface area contributed by atoms with Crippen LogP contribution in [0.3, 0.4) is 0 Å². The van der Waals surface area contributed by atoms with Crippen molar-refractivity contribution in [3.8, 4) is 5.75 Å². The molecular formula is C24H31N3O2S2. The SMILES string of the molecule is COc1ccc(SCCC(=O)N(CCCN(C)C)c2nc3c(C)cc(C)cc3s2)cc1. The first kappa shape index (κ1) is 23.6. The molecule has 3 rings (SSSR count). The van der Waals surface area contributed by atoms with Gasteiger partial charge in [0.15, 0.2) is 5.13 Å². The summed E-state index contributed by atoms with van der Waals surface area (Å²) in [5.74, 6) is 1.71. The van der Waals surface area contributed by atoms with Crippen molar-refractivity contribution in [2.24, 2.45) is 0 Å². The third-order valence-corrected chi connectivity index (χ3v) is 7.02. The van der Waals surface area contributed by atoms with Crippen molar-refractivity contribution in [1.29, 1.82) is 0 Å². The zero-order chi connectivity index (χ0) is 22.4. The second-order valence-corrected chi connectivity index (χ2v) is 10.1. The van der Waals surface area contributed by atoms with Crippen LogP contribution >= 0.6 is 23.1 Å². The van der Waals surface area contributed by atoms with E-state index in [9.17, 15) is 4.79 Å². The number of benzene rings is 2. The number of anilines is 1. The molecule has 166 valence electrons. The van der Waals surface area contributed by atoms with Gasteiger partial charge in [0.1, 0.15) is 5.75 Å². The molecule has 3 aromatic rings. The summed E-state index contributed by atoms with van der Waals surface area (Å²) in [5, 5.41) is 0.807. The van der Waals surface area contributed by atoms with Crippen molar-refractivity contribution >= 4 is 44.4 Å². The molecular weight excluding hydrogens is 426 g/mol. The van der Waals surface area contributed by atoms with Gasteiger partial charge in [-0.25, -0.2) is 4.98 Å². The monoisotopic (exact) mass is 457 g/mol. The average Bonchev–Trinajstić information content (AvgIpc) is 3.15.